The molecule has 0 aliphatic rings. The maximum atomic E-state index is 11.7. The number of nitrogens with one attached hydrogen (secondary N) is 1. The van der Waals surface area contributed by atoms with E-state index in [9.17, 15) is 4.79 Å². The largest absolute Gasteiger partial charge is 1.00 e. The molecule has 7 heteroatoms. The Morgan fingerprint density at radius 3 is 2.62 bits per heavy atom. The third-order valence-electron chi connectivity index (χ3n) is 3.05. The molecular formula is C14H18ClN5O. The molecule has 2 aromatic heterocycles. The van der Waals surface area contributed by atoms with E-state index in [2.05, 4.69) is 15.6 Å². The average molecular weight is 308 g/mol. The van der Waals surface area contributed by atoms with Crippen molar-refractivity contribution in [2.24, 2.45) is 12.1 Å². The maximum Gasteiger partial charge on any atom is 0.305 e. The molecule has 0 bridgehead atoms. The van der Waals surface area contributed by atoms with Crippen LogP contribution in [0.4, 0.5) is 0 Å². The Bertz CT molecular complexity index is 636. The van der Waals surface area contributed by atoms with Gasteiger partial charge in [0.1, 0.15) is 0 Å². The van der Waals surface area contributed by atoms with E-state index in [1.807, 2.05) is 51.5 Å². The van der Waals surface area contributed by atoms with Crippen molar-refractivity contribution in [3.8, 4) is 0 Å². The molecule has 0 saturated heterocycles. The van der Waals surface area contributed by atoms with Crippen LogP contribution in [-0.4, -0.2) is 21.9 Å². The lowest BCUT2D eigenvalue weighted by Gasteiger charge is -1.97. The van der Waals surface area contributed by atoms with E-state index in [-0.39, 0.29) is 24.9 Å². The van der Waals surface area contributed by atoms with Crippen LogP contribution in [0.2, 0.25) is 0 Å². The molecule has 2 aromatic rings. The highest BCUT2D eigenvalue weighted by Crippen LogP contribution is 2.08. The highest BCUT2D eigenvalue weighted by molar-refractivity contribution is 5.84. The van der Waals surface area contributed by atoms with Gasteiger partial charge in [0, 0.05) is 30.4 Å². The molecule has 0 aromatic carbocycles. The lowest BCUT2D eigenvalue weighted by Crippen LogP contribution is -3.00. The predicted octanol–water partition coefficient (Wildman–Crippen LogP) is -2.52. The van der Waals surface area contributed by atoms with Gasteiger partial charge in [0.15, 0.2) is 12.4 Å². The van der Waals surface area contributed by atoms with Gasteiger partial charge < -0.3 is 12.4 Å². The number of hydrogen-bond acceptors (Lipinski definition) is 3. The Labute approximate surface area is 129 Å². The Morgan fingerprint density at radius 2 is 2.05 bits per heavy atom. The van der Waals surface area contributed by atoms with Crippen LogP contribution in [0.15, 0.2) is 35.7 Å². The van der Waals surface area contributed by atoms with Gasteiger partial charge in [0.25, 0.3) is 0 Å². The number of aryl methyl sites for hydroxylation is 2. The molecule has 21 heavy (non-hydrogen) atoms. The fourth-order valence-corrected chi connectivity index (χ4v) is 1.89. The zero-order chi connectivity index (χ0) is 14.5. The molecule has 2 rings (SSSR count). The summed E-state index contributed by atoms with van der Waals surface area (Å²) < 4.78 is 3.57. The lowest BCUT2D eigenvalue weighted by molar-refractivity contribution is -0.684. The first kappa shape index (κ1) is 16.8. The van der Waals surface area contributed by atoms with E-state index >= 15 is 0 Å². The number of amides is 1. The van der Waals surface area contributed by atoms with E-state index < -0.39 is 0 Å². The van der Waals surface area contributed by atoms with Crippen LogP contribution in [0.3, 0.4) is 0 Å². The van der Waals surface area contributed by atoms with Gasteiger partial charge in [0.2, 0.25) is 6.54 Å². The van der Waals surface area contributed by atoms with Crippen LogP contribution in [0.5, 0.6) is 0 Å². The number of hydrazone groups is 1. The minimum absolute atomic E-state index is 0. The summed E-state index contributed by atoms with van der Waals surface area (Å²) in [7, 11) is 1.88. The number of nitrogens with zero attached hydrogens (tertiary/aromatic N) is 4. The monoisotopic (exact) mass is 307 g/mol. The smallest absolute Gasteiger partial charge is 0.305 e. The summed E-state index contributed by atoms with van der Waals surface area (Å²) in [6.07, 6.45) is 5.29. The number of aromatic nitrogens is 3. The first-order valence-corrected chi connectivity index (χ1v) is 6.34. The van der Waals surface area contributed by atoms with Crippen LogP contribution < -0.4 is 22.4 Å². The number of hydrogen-bond donors (Lipinski definition) is 1. The summed E-state index contributed by atoms with van der Waals surface area (Å²) in [6.45, 7) is 4.11. The molecule has 0 atom stereocenters. The molecule has 0 fully saturated rings. The first-order valence-electron chi connectivity index (χ1n) is 6.34. The van der Waals surface area contributed by atoms with Crippen LogP contribution in [-0.2, 0) is 18.4 Å². The predicted molar refractivity (Wildman–Crippen MR) is 75.1 cm³/mol. The van der Waals surface area contributed by atoms with Crippen LogP contribution in [0.1, 0.15) is 17.0 Å². The van der Waals surface area contributed by atoms with E-state index in [4.69, 9.17) is 0 Å². The minimum atomic E-state index is -0.170. The quantitative estimate of drug-likeness (QED) is 0.385. The third kappa shape index (κ3) is 4.39. The Kier molecular flexibility index (Phi) is 6.05. The molecule has 0 saturated carbocycles. The van der Waals surface area contributed by atoms with E-state index in [1.165, 1.54) is 0 Å². The molecule has 0 unspecified atom stereocenters. The minimum Gasteiger partial charge on any atom is -1.00 e. The van der Waals surface area contributed by atoms with Crippen LogP contribution in [0.25, 0.3) is 0 Å². The fraction of sp³-hybridized carbons (Fsp3) is 0.286. The second-order valence-corrected chi connectivity index (χ2v) is 4.55. The van der Waals surface area contributed by atoms with Crippen molar-refractivity contribution in [1.82, 2.24) is 15.2 Å². The molecule has 0 spiro atoms. The summed E-state index contributed by atoms with van der Waals surface area (Å²) >= 11 is 0. The molecule has 112 valence electrons. The molecule has 6 nitrogen and oxygen atoms in total. The standard InChI is InChI=1S/C14H17N5O.ClH/c1-11-13(12(2)18(3)17-11)9-15-16-14(20)10-19-7-5-4-6-8-19;/h4-9H,10H2,1-3H3;1H/b15-9-;. The van der Waals surface area contributed by atoms with Gasteiger partial charge in [-0.25, -0.2) is 5.43 Å². The van der Waals surface area contributed by atoms with Crippen molar-refractivity contribution < 1.29 is 21.8 Å². The van der Waals surface area contributed by atoms with Gasteiger partial charge in [-0.2, -0.15) is 14.8 Å². The zero-order valence-electron chi connectivity index (χ0n) is 12.2. The SMILES string of the molecule is Cc1nn(C)c(C)c1/C=N\NC(=O)C[n+]1ccccc1.[Cl-]. The molecule has 1 N–H and O–H groups in total. The normalized spacial score (nSPS) is 10.4. The summed E-state index contributed by atoms with van der Waals surface area (Å²) in [5.41, 5.74) is 5.35. The van der Waals surface area contributed by atoms with Crippen molar-refractivity contribution in [2.75, 3.05) is 0 Å². The van der Waals surface area contributed by atoms with Gasteiger partial charge >= 0.3 is 5.91 Å². The highest BCUT2D eigenvalue weighted by Gasteiger charge is 2.08. The van der Waals surface area contributed by atoms with Crippen molar-refractivity contribution in [3.05, 3.63) is 47.5 Å². The summed E-state index contributed by atoms with van der Waals surface area (Å²) in [4.78, 5) is 11.7. The van der Waals surface area contributed by atoms with E-state index in [0.717, 1.165) is 17.0 Å². The van der Waals surface area contributed by atoms with Gasteiger partial charge in [0.05, 0.1) is 11.9 Å². The maximum absolute atomic E-state index is 11.7. The van der Waals surface area contributed by atoms with Crippen molar-refractivity contribution in [2.45, 2.75) is 20.4 Å². The first-order chi connectivity index (χ1) is 9.58. The number of rotatable bonds is 4. The van der Waals surface area contributed by atoms with Crippen molar-refractivity contribution >= 4 is 12.1 Å². The van der Waals surface area contributed by atoms with Crippen LogP contribution in [0, 0.1) is 13.8 Å². The lowest BCUT2D eigenvalue weighted by atomic mass is 10.2. The van der Waals surface area contributed by atoms with Crippen molar-refractivity contribution in [3.63, 3.8) is 0 Å². The number of carbonyl (C=O) groups is 1. The number of carbonyl (C=O) groups excluding carboxylic acids is 1. The Morgan fingerprint density at radius 1 is 1.38 bits per heavy atom. The molecular weight excluding hydrogens is 290 g/mol. The fourth-order valence-electron chi connectivity index (χ4n) is 1.89. The van der Waals surface area contributed by atoms with E-state index in [0.29, 0.717) is 0 Å². The molecule has 2 heterocycles. The van der Waals surface area contributed by atoms with Gasteiger partial charge in [-0.15, -0.1) is 0 Å². The van der Waals surface area contributed by atoms with E-state index in [1.54, 1.807) is 15.5 Å². The zero-order valence-corrected chi connectivity index (χ0v) is 13.0. The number of pyridine rings is 1. The third-order valence-corrected chi connectivity index (χ3v) is 3.05. The summed E-state index contributed by atoms with van der Waals surface area (Å²) in [5, 5.41) is 8.27. The van der Waals surface area contributed by atoms with Crippen molar-refractivity contribution in [1.29, 1.82) is 0 Å². The second-order valence-electron chi connectivity index (χ2n) is 4.55. The van der Waals surface area contributed by atoms with Crippen LogP contribution >= 0.6 is 0 Å². The molecule has 0 aliphatic heterocycles. The summed E-state index contributed by atoms with van der Waals surface area (Å²) in [6, 6.07) is 5.65. The second kappa shape index (κ2) is 7.54. The molecule has 1 amide bonds. The number of halogens is 1. The topological polar surface area (TPSA) is 63.2 Å². The van der Waals surface area contributed by atoms with Gasteiger partial charge in [-0.1, -0.05) is 6.07 Å². The van der Waals surface area contributed by atoms with Gasteiger partial charge in [-0.05, 0) is 13.8 Å². The summed E-state index contributed by atoms with van der Waals surface area (Å²) in [5.74, 6) is -0.170. The Hall–Kier alpha value is -2.21. The highest BCUT2D eigenvalue weighted by atomic mass is 35.5. The molecule has 0 radical (unpaired) electrons. The average Bonchev–Trinajstić information content (AvgIpc) is 2.66. The van der Waals surface area contributed by atoms with Gasteiger partial charge in [-0.3, -0.25) is 9.48 Å². The Balaban J connectivity index is 0.00000220. The molecule has 0 aliphatic carbocycles.